The Bertz CT molecular complexity index is 780. The van der Waals surface area contributed by atoms with Crippen LogP contribution in [0.2, 0.25) is 0 Å². The van der Waals surface area contributed by atoms with Gasteiger partial charge in [-0.3, -0.25) is 9.59 Å². The molecule has 1 amide bonds. The van der Waals surface area contributed by atoms with E-state index in [1.54, 1.807) is 20.3 Å². The number of hydrogen-bond donors (Lipinski definition) is 0. The van der Waals surface area contributed by atoms with E-state index in [2.05, 4.69) is 0 Å². The van der Waals surface area contributed by atoms with Gasteiger partial charge in [-0.25, -0.2) is 4.79 Å². The molecule has 0 aliphatic carbocycles. The highest BCUT2D eigenvalue weighted by Crippen LogP contribution is 2.18. The van der Waals surface area contributed by atoms with Gasteiger partial charge in [-0.05, 0) is 25.5 Å². The van der Waals surface area contributed by atoms with E-state index in [1.807, 2.05) is 37.3 Å². The van der Waals surface area contributed by atoms with Crippen LogP contribution >= 0.6 is 0 Å². The van der Waals surface area contributed by atoms with E-state index < -0.39 is 5.97 Å². The highest BCUT2D eigenvalue weighted by Gasteiger charge is 2.20. The zero-order valence-electron chi connectivity index (χ0n) is 14.9. The third-order valence-electron chi connectivity index (χ3n) is 4.20. The lowest BCUT2D eigenvalue weighted by molar-refractivity contribution is -0.135. The smallest absolute Gasteiger partial charge is 0.355 e. The minimum absolute atomic E-state index is 0.133. The first-order chi connectivity index (χ1) is 11.8. The molecular weight excluding hydrogens is 320 g/mol. The lowest BCUT2D eigenvalue weighted by Gasteiger charge is -2.25. The van der Waals surface area contributed by atoms with Crippen molar-refractivity contribution < 1.29 is 19.1 Å². The van der Waals surface area contributed by atoms with E-state index in [0.29, 0.717) is 5.56 Å². The number of rotatable bonds is 6. The Morgan fingerprint density at radius 3 is 2.40 bits per heavy atom. The van der Waals surface area contributed by atoms with Crippen molar-refractivity contribution in [2.75, 3.05) is 13.7 Å². The molecule has 0 fully saturated rings. The number of ether oxygens (including phenoxy) is 1. The molecule has 25 heavy (non-hydrogen) atoms. The zero-order chi connectivity index (χ0) is 18.6. The van der Waals surface area contributed by atoms with Crippen LogP contribution in [0.4, 0.5) is 0 Å². The van der Waals surface area contributed by atoms with Gasteiger partial charge in [0.1, 0.15) is 5.69 Å². The first kappa shape index (κ1) is 18.4. The van der Waals surface area contributed by atoms with E-state index in [0.717, 1.165) is 5.56 Å². The average molecular weight is 342 g/mol. The van der Waals surface area contributed by atoms with E-state index in [-0.39, 0.29) is 30.0 Å². The summed E-state index contributed by atoms with van der Waals surface area (Å²) in [6, 6.07) is 10.9. The number of likely N-dealkylation sites (N-methyl/N-ethyl adjacent to an activating group) is 1. The zero-order valence-corrected chi connectivity index (χ0v) is 14.9. The monoisotopic (exact) mass is 342 g/mol. The number of aryl methyl sites for hydroxylation is 1. The Hall–Kier alpha value is -2.89. The molecule has 0 unspecified atom stereocenters. The van der Waals surface area contributed by atoms with E-state index in [1.165, 1.54) is 22.5 Å². The fraction of sp³-hybridized carbons (Fsp3) is 0.316. The predicted octanol–water partition coefficient (Wildman–Crippen LogP) is 2.60. The van der Waals surface area contributed by atoms with Gasteiger partial charge in [-0.15, -0.1) is 0 Å². The number of benzene rings is 1. The fourth-order valence-electron chi connectivity index (χ4n) is 2.43. The van der Waals surface area contributed by atoms with Gasteiger partial charge in [0.25, 0.3) is 5.91 Å². The SMILES string of the molecule is CC(=O)c1cc(C(=O)OCC(=O)N(C)[C@@H](C)c2ccccc2)n(C)c1. The van der Waals surface area contributed by atoms with Crippen molar-refractivity contribution >= 4 is 17.7 Å². The molecule has 0 saturated carbocycles. The molecule has 1 aromatic heterocycles. The lowest BCUT2D eigenvalue weighted by Crippen LogP contribution is -2.33. The quantitative estimate of drug-likeness (QED) is 0.598. The van der Waals surface area contributed by atoms with Gasteiger partial charge in [-0.2, -0.15) is 0 Å². The molecule has 1 atom stereocenters. The van der Waals surface area contributed by atoms with Gasteiger partial charge in [-0.1, -0.05) is 30.3 Å². The van der Waals surface area contributed by atoms with Crippen molar-refractivity contribution in [3.63, 3.8) is 0 Å². The van der Waals surface area contributed by atoms with Gasteiger partial charge < -0.3 is 14.2 Å². The summed E-state index contributed by atoms with van der Waals surface area (Å²) in [5, 5.41) is 0. The van der Waals surface area contributed by atoms with Crippen molar-refractivity contribution in [3.8, 4) is 0 Å². The van der Waals surface area contributed by atoms with Crippen molar-refractivity contribution in [1.82, 2.24) is 9.47 Å². The molecule has 0 saturated heterocycles. The Kier molecular flexibility index (Phi) is 5.75. The second-order valence-corrected chi connectivity index (χ2v) is 5.95. The summed E-state index contributed by atoms with van der Waals surface area (Å²) in [5.74, 6) is -1.07. The van der Waals surface area contributed by atoms with Crippen molar-refractivity contribution in [3.05, 3.63) is 59.4 Å². The van der Waals surface area contributed by atoms with Crippen LogP contribution in [-0.2, 0) is 16.6 Å². The summed E-state index contributed by atoms with van der Waals surface area (Å²) >= 11 is 0. The average Bonchev–Trinajstić information content (AvgIpc) is 3.01. The topological polar surface area (TPSA) is 68.6 Å². The molecule has 1 heterocycles. The van der Waals surface area contributed by atoms with E-state index >= 15 is 0 Å². The molecule has 0 N–H and O–H groups in total. The molecule has 6 heteroatoms. The van der Waals surface area contributed by atoms with Crippen LogP contribution in [-0.4, -0.2) is 40.8 Å². The van der Waals surface area contributed by atoms with E-state index in [9.17, 15) is 14.4 Å². The van der Waals surface area contributed by atoms with E-state index in [4.69, 9.17) is 4.74 Å². The van der Waals surface area contributed by atoms with Crippen molar-refractivity contribution in [2.24, 2.45) is 7.05 Å². The molecule has 6 nitrogen and oxygen atoms in total. The minimum Gasteiger partial charge on any atom is -0.451 e. The molecule has 0 bridgehead atoms. The number of aromatic nitrogens is 1. The highest BCUT2D eigenvalue weighted by molar-refractivity contribution is 5.98. The standard InChI is InChI=1S/C19H22N2O4/c1-13(15-8-6-5-7-9-15)21(4)18(23)12-25-19(24)17-10-16(14(2)22)11-20(17)3/h5-11,13H,12H2,1-4H3/t13-/m0/s1. The summed E-state index contributed by atoms with van der Waals surface area (Å²) in [4.78, 5) is 37.3. The number of nitrogens with zero attached hydrogens (tertiary/aromatic N) is 2. The highest BCUT2D eigenvalue weighted by atomic mass is 16.5. The number of hydrogen-bond acceptors (Lipinski definition) is 4. The fourth-order valence-corrected chi connectivity index (χ4v) is 2.43. The maximum Gasteiger partial charge on any atom is 0.355 e. The van der Waals surface area contributed by atoms with Crippen LogP contribution in [0.15, 0.2) is 42.6 Å². The number of carbonyl (C=O) groups is 3. The van der Waals surface area contributed by atoms with Gasteiger partial charge in [0, 0.05) is 25.9 Å². The molecule has 0 radical (unpaired) electrons. The number of carbonyl (C=O) groups excluding carboxylic acids is 3. The number of ketones is 1. The minimum atomic E-state index is -0.635. The first-order valence-electron chi connectivity index (χ1n) is 7.96. The summed E-state index contributed by atoms with van der Waals surface area (Å²) in [6.45, 7) is 2.98. The normalized spacial score (nSPS) is 11.7. The molecule has 2 rings (SSSR count). The van der Waals surface area contributed by atoms with Crippen molar-refractivity contribution in [2.45, 2.75) is 19.9 Å². The third kappa shape index (κ3) is 4.35. The van der Waals surface area contributed by atoms with Crippen LogP contribution in [0.25, 0.3) is 0 Å². The van der Waals surface area contributed by atoms with Crippen LogP contribution < -0.4 is 0 Å². The second kappa shape index (κ2) is 7.79. The second-order valence-electron chi connectivity index (χ2n) is 5.95. The summed E-state index contributed by atoms with van der Waals surface area (Å²) in [7, 11) is 3.32. The van der Waals surface area contributed by atoms with Gasteiger partial charge in [0.2, 0.25) is 0 Å². The Labute approximate surface area is 147 Å². The molecule has 0 spiro atoms. The van der Waals surface area contributed by atoms with Gasteiger partial charge in [0.05, 0.1) is 6.04 Å². The molecule has 1 aromatic carbocycles. The first-order valence-corrected chi connectivity index (χ1v) is 7.96. The Morgan fingerprint density at radius 1 is 1.20 bits per heavy atom. The lowest BCUT2D eigenvalue weighted by atomic mass is 10.1. The Morgan fingerprint density at radius 2 is 1.84 bits per heavy atom. The molecule has 2 aromatic rings. The maximum absolute atomic E-state index is 12.3. The summed E-state index contributed by atoms with van der Waals surface area (Å²) in [5.41, 5.74) is 1.66. The molecular formula is C19H22N2O4. The predicted molar refractivity (Wildman–Crippen MR) is 93.3 cm³/mol. The van der Waals surface area contributed by atoms with Gasteiger partial charge >= 0.3 is 5.97 Å². The Balaban J connectivity index is 1.97. The molecule has 0 aliphatic rings. The largest absolute Gasteiger partial charge is 0.451 e. The number of esters is 1. The van der Waals surface area contributed by atoms with Crippen LogP contribution in [0.1, 0.15) is 46.3 Å². The maximum atomic E-state index is 12.3. The number of amides is 1. The summed E-state index contributed by atoms with van der Waals surface area (Å²) < 4.78 is 6.62. The molecule has 132 valence electrons. The third-order valence-corrected chi connectivity index (χ3v) is 4.20. The van der Waals surface area contributed by atoms with Crippen LogP contribution in [0.5, 0.6) is 0 Å². The number of Topliss-reactive ketones (excluding diaryl/α,β-unsaturated/α-hetero) is 1. The molecule has 0 aliphatic heterocycles. The summed E-state index contributed by atoms with van der Waals surface area (Å²) in [6.07, 6.45) is 1.56. The van der Waals surface area contributed by atoms with Gasteiger partial charge in [0.15, 0.2) is 12.4 Å². The van der Waals surface area contributed by atoms with Crippen LogP contribution in [0, 0.1) is 0 Å². The van der Waals surface area contributed by atoms with Crippen LogP contribution in [0.3, 0.4) is 0 Å². The van der Waals surface area contributed by atoms with Crippen molar-refractivity contribution in [1.29, 1.82) is 0 Å².